The molecule has 100 valence electrons. The van der Waals surface area contributed by atoms with E-state index in [1.165, 1.54) is 5.57 Å². The molecule has 19 heavy (non-hydrogen) atoms. The lowest BCUT2D eigenvalue weighted by molar-refractivity contribution is 0.236. The van der Waals surface area contributed by atoms with Gasteiger partial charge in [-0.05, 0) is 53.9 Å². The summed E-state index contributed by atoms with van der Waals surface area (Å²) in [6.45, 7) is 6.87. The number of nitriles is 1. The Morgan fingerprint density at radius 3 is 2.47 bits per heavy atom. The normalized spacial score (nSPS) is 24.7. The van der Waals surface area contributed by atoms with Crippen molar-refractivity contribution in [2.45, 2.75) is 40.0 Å². The first-order valence-electron chi connectivity index (χ1n) is 6.82. The standard InChI is InChI=1S/C17H20ClN/c1-12-10-17(2,3)9-8-15(12)16(11-19)13-4-6-14(18)7-5-13/h4-7,12H,8-10H2,1-3H3. The first-order chi connectivity index (χ1) is 8.93. The number of halogens is 1. The number of allylic oxidation sites excluding steroid dienone is 2. The van der Waals surface area contributed by atoms with E-state index in [1.807, 2.05) is 24.3 Å². The molecule has 1 aliphatic carbocycles. The highest BCUT2D eigenvalue weighted by atomic mass is 35.5. The smallest absolute Gasteiger partial charge is 0.0997 e. The molecular weight excluding hydrogens is 254 g/mol. The Morgan fingerprint density at radius 1 is 1.32 bits per heavy atom. The predicted octanol–water partition coefficient (Wildman–Crippen LogP) is 5.46. The average molecular weight is 274 g/mol. The van der Waals surface area contributed by atoms with Crippen LogP contribution in [0.15, 0.2) is 29.8 Å². The summed E-state index contributed by atoms with van der Waals surface area (Å²) in [5.41, 5.74) is 3.54. The van der Waals surface area contributed by atoms with Gasteiger partial charge in [0.25, 0.3) is 0 Å². The second kappa shape index (κ2) is 5.39. The van der Waals surface area contributed by atoms with Crippen molar-refractivity contribution in [3.05, 3.63) is 40.4 Å². The van der Waals surface area contributed by atoms with Gasteiger partial charge in [-0.25, -0.2) is 0 Å². The van der Waals surface area contributed by atoms with Gasteiger partial charge in [0.2, 0.25) is 0 Å². The van der Waals surface area contributed by atoms with Gasteiger partial charge in [-0.15, -0.1) is 0 Å². The predicted molar refractivity (Wildman–Crippen MR) is 80.8 cm³/mol. The van der Waals surface area contributed by atoms with Gasteiger partial charge in [-0.2, -0.15) is 5.26 Å². The zero-order valence-electron chi connectivity index (χ0n) is 11.8. The van der Waals surface area contributed by atoms with Gasteiger partial charge in [0.15, 0.2) is 0 Å². The Bertz CT molecular complexity index is 531. The van der Waals surface area contributed by atoms with Crippen molar-refractivity contribution in [2.75, 3.05) is 0 Å². The lowest BCUT2D eigenvalue weighted by Crippen LogP contribution is -2.23. The fourth-order valence-electron chi connectivity index (χ4n) is 3.08. The maximum absolute atomic E-state index is 9.51. The van der Waals surface area contributed by atoms with Gasteiger partial charge < -0.3 is 0 Å². The lowest BCUT2D eigenvalue weighted by Gasteiger charge is -2.36. The highest BCUT2D eigenvalue weighted by Gasteiger charge is 2.30. The van der Waals surface area contributed by atoms with Crippen molar-refractivity contribution in [2.24, 2.45) is 11.3 Å². The highest BCUT2D eigenvalue weighted by molar-refractivity contribution is 6.30. The summed E-state index contributed by atoms with van der Waals surface area (Å²) in [5, 5.41) is 10.2. The van der Waals surface area contributed by atoms with Gasteiger partial charge in [0.1, 0.15) is 0 Å². The highest BCUT2D eigenvalue weighted by Crippen LogP contribution is 2.43. The zero-order valence-corrected chi connectivity index (χ0v) is 12.6. The van der Waals surface area contributed by atoms with Crippen LogP contribution in [0.4, 0.5) is 0 Å². The molecule has 0 aliphatic heterocycles. The molecule has 1 fully saturated rings. The Morgan fingerprint density at radius 2 is 1.95 bits per heavy atom. The third-order valence-electron chi connectivity index (χ3n) is 4.09. The molecule has 1 atom stereocenters. The van der Waals surface area contributed by atoms with E-state index in [1.54, 1.807) is 0 Å². The van der Waals surface area contributed by atoms with Crippen LogP contribution in [-0.2, 0) is 0 Å². The van der Waals surface area contributed by atoms with Crippen molar-refractivity contribution in [1.29, 1.82) is 5.26 Å². The number of nitrogens with zero attached hydrogens (tertiary/aromatic N) is 1. The van der Waals surface area contributed by atoms with Crippen molar-refractivity contribution in [1.82, 2.24) is 0 Å². The number of hydrogen-bond donors (Lipinski definition) is 0. The SMILES string of the molecule is CC1CC(C)(C)CCC1=C(C#N)c1ccc(Cl)cc1. The molecule has 0 radical (unpaired) electrons. The molecule has 0 N–H and O–H groups in total. The minimum Gasteiger partial charge on any atom is -0.192 e. The maximum atomic E-state index is 9.51. The van der Waals surface area contributed by atoms with E-state index in [-0.39, 0.29) is 0 Å². The molecule has 1 saturated carbocycles. The fraction of sp³-hybridized carbons (Fsp3) is 0.471. The molecule has 2 heteroatoms. The number of benzene rings is 1. The molecule has 0 bridgehead atoms. The minimum absolute atomic E-state index is 0.392. The molecule has 0 saturated heterocycles. The summed E-state index contributed by atoms with van der Waals surface area (Å²) in [5.74, 6) is 0.481. The summed E-state index contributed by atoms with van der Waals surface area (Å²) in [6, 6.07) is 10.00. The number of hydrogen-bond acceptors (Lipinski definition) is 1. The van der Waals surface area contributed by atoms with E-state index in [0.29, 0.717) is 16.4 Å². The van der Waals surface area contributed by atoms with Crippen LogP contribution in [0.1, 0.15) is 45.6 Å². The van der Waals surface area contributed by atoms with Crippen molar-refractivity contribution in [3.8, 4) is 6.07 Å². The van der Waals surface area contributed by atoms with Crippen LogP contribution in [0.3, 0.4) is 0 Å². The van der Waals surface area contributed by atoms with Crippen molar-refractivity contribution < 1.29 is 0 Å². The lowest BCUT2D eigenvalue weighted by atomic mass is 9.69. The van der Waals surface area contributed by atoms with Gasteiger partial charge >= 0.3 is 0 Å². The van der Waals surface area contributed by atoms with Crippen LogP contribution in [0.2, 0.25) is 5.02 Å². The molecule has 1 aliphatic rings. The van der Waals surface area contributed by atoms with E-state index in [9.17, 15) is 5.26 Å². The van der Waals surface area contributed by atoms with E-state index in [2.05, 4.69) is 26.8 Å². The summed E-state index contributed by atoms with van der Waals surface area (Å²) < 4.78 is 0. The van der Waals surface area contributed by atoms with Crippen LogP contribution in [0.5, 0.6) is 0 Å². The maximum Gasteiger partial charge on any atom is 0.0997 e. The van der Waals surface area contributed by atoms with Crippen LogP contribution in [0.25, 0.3) is 5.57 Å². The quantitative estimate of drug-likeness (QED) is 0.623. The third-order valence-corrected chi connectivity index (χ3v) is 4.34. The summed E-state index contributed by atoms with van der Waals surface area (Å²) in [6.07, 6.45) is 3.34. The Kier molecular flexibility index (Phi) is 4.02. The number of rotatable bonds is 1. The van der Waals surface area contributed by atoms with Gasteiger partial charge in [0, 0.05) is 5.02 Å². The topological polar surface area (TPSA) is 23.8 Å². The third kappa shape index (κ3) is 3.19. The molecule has 0 amide bonds. The zero-order chi connectivity index (χ0) is 14.0. The van der Waals surface area contributed by atoms with Crippen LogP contribution in [0, 0.1) is 22.7 Å². The van der Waals surface area contributed by atoms with Gasteiger partial charge in [-0.1, -0.05) is 44.5 Å². The van der Waals surface area contributed by atoms with Crippen LogP contribution in [-0.4, -0.2) is 0 Å². The summed E-state index contributed by atoms with van der Waals surface area (Å²) >= 11 is 5.91. The first-order valence-corrected chi connectivity index (χ1v) is 7.20. The fourth-order valence-corrected chi connectivity index (χ4v) is 3.21. The van der Waals surface area contributed by atoms with E-state index >= 15 is 0 Å². The second-order valence-electron chi connectivity index (χ2n) is 6.29. The van der Waals surface area contributed by atoms with E-state index in [0.717, 1.165) is 30.4 Å². The average Bonchev–Trinajstić information content (AvgIpc) is 2.34. The van der Waals surface area contributed by atoms with E-state index in [4.69, 9.17) is 11.6 Å². The molecule has 1 aromatic rings. The van der Waals surface area contributed by atoms with Gasteiger partial charge in [0.05, 0.1) is 11.6 Å². The Balaban J connectivity index is 2.38. The molecule has 2 rings (SSSR count). The minimum atomic E-state index is 0.392. The molecule has 1 nitrogen and oxygen atoms in total. The Hall–Kier alpha value is -1.26. The van der Waals surface area contributed by atoms with Crippen molar-refractivity contribution in [3.63, 3.8) is 0 Å². The molecule has 0 aromatic heterocycles. The molecule has 1 unspecified atom stereocenters. The summed E-state index contributed by atoms with van der Waals surface area (Å²) in [4.78, 5) is 0. The monoisotopic (exact) mass is 273 g/mol. The van der Waals surface area contributed by atoms with Crippen LogP contribution >= 0.6 is 11.6 Å². The molecule has 0 spiro atoms. The van der Waals surface area contributed by atoms with Crippen molar-refractivity contribution >= 4 is 17.2 Å². The second-order valence-corrected chi connectivity index (χ2v) is 6.72. The molecule has 1 aromatic carbocycles. The Labute approximate surface area is 120 Å². The van der Waals surface area contributed by atoms with Crippen LogP contribution < -0.4 is 0 Å². The first kappa shape index (κ1) is 14.2. The van der Waals surface area contributed by atoms with Gasteiger partial charge in [-0.3, -0.25) is 0 Å². The summed E-state index contributed by atoms with van der Waals surface area (Å²) in [7, 11) is 0. The van der Waals surface area contributed by atoms with E-state index < -0.39 is 0 Å². The molecule has 0 heterocycles. The largest absolute Gasteiger partial charge is 0.192 e. The molecular formula is C17H20ClN.